The number of nitrogens with one attached hydrogen (secondary N) is 1. The predicted molar refractivity (Wildman–Crippen MR) is 105 cm³/mol. The molecule has 2 aromatic rings. The van der Waals surface area contributed by atoms with Gasteiger partial charge in [-0.1, -0.05) is 37.3 Å². The molecule has 0 radical (unpaired) electrons. The minimum atomic E-state index is -0.434. The first-order valence-corrected chi connectivity index (χ1v) is 9.53. The molecule has 0 aliphatic rings. The fourth-order valence-corrected chi connectivity index (χ4v) is 3.56. The van der Waals surface area contributed by atoms with Crippen molar-refractivity contribution < 1.29 is 9.59 Å². The number of thioether (sulfide) groups is 1. The number of hydrazine groups is 1. The molecule has 0 heterocycles. The summed E-state index contributed by atoms with van der Waals surface area (Å²) in [6, 6.07) is 17.0. The van der Waals surface area contributed by atoms with Crippen molar-refractivity contribution in [3.8, 4) is 6.07 Å². The molecule has 6 nitrogen and oxygen atoms in total. The third-order valence-electron chi connectivity index (χ3n) is 4.01. The average molecular weight is 382 g/mol. The minimum Gasteiger partial charge on any atom is -0.328 e. The van der Waals surface area contributed by atoms with E-state index >= 15 is 0 Å². The number of nitrogens with two attached hydrogens (primary N) is 1. The smallest absolute Gasteiger partial charge is 0.253 e. The van der Waals surface area contributed by atoms with E-state index in [4.69, 9.17) is 11.1 Å². The van der Waals surface area contributed by atoms with Crippen molar-refractivity contribution in [2.75, 3.05) is 12.3 Å². The summed E-state index contributed by atoms with van der Waals surface area (Å²) in [7, 11) is 0. The molecular formula is C20H22N4O2S. The van der Waals surface area contributed by atoms with E-state index in [9.17, 15) is 9.59 Å². The Labute approximate surface area is 163 Å². The Morgan fingerprint density at radius 3 is 2.52 bits per heavy atom. The van der Waals surface area contributed by atoms with Gasteiger partial charge in [-0.15, -0.1) is 11.8 Å². The number of hydrogen-bond acceptors (Lipinski definition) is 5. The van der Waals surface area contributed by atoms with Gasteiger partial charge in [0, 0.05) is 11.4 Å². The van der Waals surface area contributed by atoms with E-state index in [1.165, 1.54) is 22.2 Å². The standard InChI is InChI=1S/C20H22N4O2S/c1-2-17-5-3-4-6-18(17)27-14-20(26)24(13-19(25)23-22)12-16-9-7-15(11-21)8-10-16/h3-10H,2,12-14,22H2,1H3,(H,23,25). The van der Waals surface area contributed by atoms with Gasteiger partial charge in [-0.3, -0.25) is 15.0 Å². The molecule has 2 rings (SSSR count). The molecule has 2 amide bonds. The summed E-state index contributed by atoms with van der Waals surface area (Å²) in [6.07, 6.45) is 0.891. The van der Waals surface area contributed by atoms with E-state index in [-0.39, 0.29) is 24.7 Å². The largest absolute Gasteiger partial charge is 0.328 e. The van der Waals surface area contributed by atoms with E-state index < -0.39 is 5.91 Å². The van der Waals surface area contributed by atoms with Crippen LogP contribution in [0.4, 0.5) is 0 Å². The average Bonchev–Trinajstić information content (AvgIpc) is 2.72. The van der Waals surface area contributed by atoms with Crippen LogP contribution < -0.4 is 11.3 Å². The van der Waals surface area contributed by atoms with E-state index in [2.05, 4.69) is 18.4 Å². The number of benzene rings is 2. The second-order valence-corrected chi connectivity index (χ2v) is 6.89. The van der Waals surface area contributed by atoms with Gasteiger partial charge in [-0.25, -0.2) is 5.84 Å². The molecule has 0 atom stereocenters. The van der Waals surface area contributed by atoms with Crippen molar-refractivity contribution in [3.63, 3.8) is 0 Å². The first-order valence-electron chi connectivity index (χ1n) is 8.54. The number of carbonyl (C=O) groups excluding carboxylic acids is 2. The zero-order chi connectivity index (χ0) is 19.6. The zero-order valence-electron chi connectivity index (χ0n) is 15.1. The van der Waals surface area contributed by atoms with Gasteiger partial charge in [-0.2, -0.15) is 5.26 Å². The first kappa shape index (κ1) is 20.5. The van der Waals surface area contributed by atoms with Crippen LogP contribution in [0.5, 0.6) is 0 Å². The van der Waals surface area contributed by atoms with Crippen LogP contribution in [0.25, 0.3) is 0 Å². The number of carbonyl (C=O) groups is 2. The number of nitrogens with zero attached hydrogens (tertiary/aromatic N) is 2. The highest BCUT2D eigenvalue weighted by Crippen LogP contribution is 2.23. The summed E-state index contributed by atoms with van der Waals surface area (Å²) in [5.74, 6) is 4.82. The SMILES string of the molecule is CCc1ccccc1SCC(=O)N(CC(=O)NN)Cc1ccc(C#N)cc1. The lowest BCUT2D eigenvalue weighted by molar-refractivity contribution is -0.134. The van der Waals surface area contributed by atoms with Crippen LogP contribution in [0.15, 0.2) is 53.4 Å². The lowest BCUT2D eigenvalue weighted by Crippen LogP contribution is -2.43. The van der Waals surface area contributed by atoms with E-state index in [1.54, 1.807) is 24.3 Å². The third kappa shape index (κ3) is 6.13. The van der Waals surface area contributed by atoms with Gasteiger partial charge in [0.15, 0.2) is 0 Å². The Kier molecular flexibility index (Phi) is 7.86. The van der Waals surface area contributed by atoms with Crippen molar-refractivity contribution in [3.05, 3.63) is 65.2 Å². The Morgan fingerprint density at radius 2 is 1.89 bits per heavy atom. The van der Waals surface area contributed by atoms with E-state index in [0.717, 1.165) is 16.9 Å². The van der Waals surface area contributed by atoms with Crippen LogP contribution in [-0.4, -0.2) is 29.0 Å². The lowest BCUT2D eigenvalue weighted by Gasteiger charge is -2.22. The molecule has 0 saturated carbocycles. The highest BCUT2D eigenvalue weighted by atomic mass is 32.2. The van der Waals surface area contributed by atoms with Crippen LogP contribution >= 0.6 is 11.8 Å². The van der Waals surface area contributed by atoms with E-state index in [0.29, 0.717) is 5.56 Å². The summed E-state index contributed by atoms with van der Waals surface area (Å²) in [5.41, 5.74) is 4.64. The zero-order valence-corrected chi connectivity index (χ0v) is 16.0. The molecular weight excluding hydrogens is 360 g/mol. The lowest BCUT2D eigenvalue weighted by atomic mass is 10.1. The van der Waals surface area contributed by atoms with Crippen LogP contribution in [0, 0.1) is 11.3 Å². The van der Waals surface area contributed by atoms with Crippen molar-refractivity contribution in [2.24, 2.45) is 5.84 Å². The fraction of sp³-hybridized carbons (Fsp3) is 0.250. The quantitative estimate of drug-likeness (QED) is 0.316. The van der Waals surface area contributed by atoms with Crippen LogP contribution in [0.3, 0.4) is 0 Å². The Morgan fingerprint density at radius 1 is 1.19 bits per heavy atom. The molecule has 0 bridgehead atoms. The summed E-state index contributed by atoms with van der Waals surface area (Å²) in [5, 5.41) is 8.89. The fourth-order valence-electron chi connectivity index (χ4n) is 2.52. The van der Waals surface area contributed by atoms with Gasteiger partial charge < -0.3 is 4.90 Å². The molecule has 0 aromatic heterocycles. The monoisotopic (exact) mass is 382 g/mol. The Bertz CT molecular complexity index is 831. The van der Waals surface area contributed by atoms with Crippen molar-refractivity contribution >= 4 is 23.6 Å². The minimum absolute atomic E-state index is 0.120. The highest BCUT2D eigenvalue weighted by Gasteiger charge is 2.18. The topological polar surface area (TPSA) is 99.2 Å². The summed E-state index contributed by atoms with van der Waals surface area (Å²) in [6.45, 7) is 2.23. The summed E-state index contributed by atoms with van der Waals surface area (Å²) < 4.78 is 0. The second kappa shape index (κ2) is 10.4. The van der Waals surface area contributed by atoms with E-state index in [1.807, 2.05) is 24.3 Å². The van der Waals surface area contributed by atoms with Crippen LogP contribution in [0.1, 0.15) is 23.6 Å². The number of rotatable bonds is 8. The van der Waals surface area contributed by atoms with Gasteiger partial charge in [0.05, 0.1) is 17.4 Å². The number of amides is 2. The normalized spacial score (nSPS) is 10.1. The first-order chi connectivity index (χ1) is 13.1. The predicted octanol–water partition coefficient (Wildman–Crippen LogP) is 2.23. The second-order valence-electron chi connectivity index (χ2n) is 5.88. The molecule has 0 aliphatic heterocycles. The molecule has 140 valence electrons. The van der Waals surface area contributed by atoms with Crippen molar-refractivity contribution in [1.29, 1.82) is 5.26 Å². The summed E-state index contributed by atoms with van der Waals surface area (Å²) in [4.78, 5) is 27.0. The molecule has 0 saturated heterocycles. The van der Waals surface area contributed by atoms with Crippen molar-refractivity contribution in [1.82, 2.24) is 10.3 Å². The number of hydrogen-bond donors (Lipinski definition) is 2. The molecule has 0 aliphatic carbocycles. The maximum absolute atomic E-state index is 12.7. The number of aryl methyl sites for hydroxylation is 1. The highest BCUT2D eigenvalue weighted by molar-refractivity contribution is 8.00. The van der Waals surface area contributed by atoms with Crippen molar-refractivity contribution in [2.45, 2.75) is 24.8 Å². The summed E-state index contributed by atoms with van der Waals surface area (Å²) >= 11 is 1.46. The van der Waals surface area contributed by atoms with Crippen LogP contribution in [0.2, 0.25) is 0 Å². The third-order valence-corrected chi connectivity index (χ3v) is 5.11. The Balaban J connectivity index is 2.08. The molecule has 0 fully saturated rings. The molecule has 2 aromatic carbocycles. The van der Waals surface area contributed by atoms with Gasteiger partial charge >= 0.3 is 0 Å². The number of nitriles is 1. The maximum Gasteiger partial charge on any atom is 0.253 e. The van der Waals surface area contributed by atoms with Gasteiger partial charge in [0.2, 0.25) is 5.91 Å². The molecule has 0 unspecified atom stereocenters. The Hall–Kier alpha value is -2.82. The molecule has 27 heavy (non-hydrogen) atoms. The van der Waals surface area contributed by atoms with Crippen LogP contribution in [-0.2, 0) is 22.6 Å². The van der Waals surface area contributed by atoms with Gasteiger partial charge in [0.25, 0.3) is 5.91 Å². The van der Waals surface area contributed by atoms with Gasteiger partial charge in [-0.05, 0) is 35.7 Å². The molecule has 3 N–H and O–H groups in total. The van der Waals surface area contributed by atoms with Gasteiger partial charge in [0.1, 0.15) is 6.54 Å². The molecule has 0 spiro atoms. The molecule has 7 heteroatoms. The maximum atomic E-state index is 12.7.